The number of aldehydes is 1. The zero-order chi connectivity index (χ0) is 15.0. The highest BCUT2D eigenvalue weighted by Crippen LogP contribution is 2.05. The van der Waals surface area contributed by atoms with Crippen molar-refractivity contribution in [1.82, 2.24) is 10.2 Å². The first-order chi connectivity index (χ1) is 9.58. The van der Waals surface area contributed by atoms with Crippen molar-refractivity contribution >= 4 is 18.1 Å². The maximum absolute atomic E-state index is 10.8. The Morgan fingerprint density at radius 2 is 2.05 bits per heavy atom. The van der Waals surface area contributed by atoms with Crippen LogP contribution in [0, 0.1) is 0 Å². The smallest absolute Gasteiger partial charge is 0.323 e. The van der Waals surface area contributed by atoms with Gasteiger partial charge in [0.25, 0.3) is 0 Å². The van der Waals surface area contributed by atoms with Gasteiger partial charge >= 0.3 is 5.97 Å². The molecule has 20 heavy (non-hydrogen) atoms. The monoisotopic (exact) mass is 275 g/mol. The number of carbonyl (C=O) groups excluding carboxylic acids is 1. The third-order valence-corrected chi connectivity index (χ3v) is 2.51. The van der Waals surface area contributed by atoms with Crippen molar-refractivity contribution in [1.29, 1.82) is 0 Å². The highest BCUT2D eigenvalue weighted by molar-refractivity contribution is 6.00. The van der Waals surface area contributed by atoms with Crippen LogP contribution in [0.15, 0.2) is 47.2 Å². The van der Waals surface area contributed by atoms with Gasteiger partial charge in [0, 0.05) is 19.7 Å². The predicted molar refractivity (Wildman–Crippen MR) is 76.5 cm³/mol. The first-order valence-electron chi connectivity index (χ1n) is 5.97. The van der Waals surface area contributed by atoms with E-state index in [0.717, 1.165) is 5.56 Å². The Labute approximate surface area is 117 Å². The number of hydrogen-bond donors (Lipinski definition) is 2. The fraction of sp³-hybridized carbons (Fsp3) is 0.214. The third kappa shape index (κ3) is 4.56. The number of rotatable bonds is 6. The van der Waals surface area contributed by atoms with Crippen LogP contribution >= 0.6 is 0 Å². The molecule has 0 spiro atoms. The first-order valence-corrected chi connectivity index (χ1v) is 5.97. The second kappa shape index (κ2) is 7.73. The lowest BCUT2D eigenvalue weighted by Crippen LogP contribution is -2.32. The predicted octanol–water partition coefficient (Wildman–Crippen LogP) is 0.709. The quantitative estimate of drug-likeness (QED) is 0.346. The second-order valence-corrected chi connectivity index (χ2v) is 4.02. The molecule has 0 bridgehead atoms. The molecule has 6 nitrogen and oxygen atoms in total. The lowest BCUT2D eigenvalue weighted by Gasteiger charge is -2.19. The van der Waals surface area contributed by atoms with E-state index in [4.69, 9.17) is 5.11 Å². The van der Waals surface area contributed by atoms with Crippen LogP contribution < -0.4 is 5.32 Å². The minimum absolute atomic E-state index is 0.183. The molecule has 1 rings (SSSR count). The molecular formula is C14H17N3O3. The average molecular weight is 275 g/mol. The molecular weight excluding hydrogens is 258 g/mol. The number of carboxylic acids is 1. The zero-order valence-electron chi connectivity index (χ0n) is 11.4. The van der Waals surface area contributed by atoms with E-state index in [9.17, 15) is 9.59 Å². The molecule has 6 heteroatoms. The van der Waals surface area contributed by atoms with Crippen LogP contribution in [0.2, 0.25) is 0 Å². The van der Waals surface area contributed by atoms with Gasteiger partial charge in [-0.15, -0.1) is 0 Å². The molecule has 106 valence electrons. The molecule has 0 aliphatic rings. The van der Waals surface area contributed by atoms with Gasteiger partial charge in [-0.3, -0.25) is 9.59 Å². The van der Waals surface area contributed by atoms with Crippen LogP contribution in [-0.2, 0) is 9.59 Å². The van der Waals surface area contributed by atoms with Crippen LogP contribution in [0.3, 0.4) is 0 Å². The van der Waals surface area contributed by atoms with Gasteiger partial charge in [0.2, 0.25) is 0 Å². The molecule has 0 aromatic heterocycles. The summed E-state index contributed by atoms with van der Waals surface area (Å²) in [5.41, 5.74) is 1.08. The van der Waals surface area contributed by atoms with Gasteiger partial charge < -0.3 is 15.3 Å². The van der Waals surface area contributed by atoms with Crippen LogP contribution in [0.4, 0.5) is 0 Å². The van der Waals surface area contributed by atoms with Gasteiger partial charge in [0.1, 0.15) is 12.4 Å². The molecule has 1 aromatic carbocycles. The standard InChI is InChI=1S/C14H17N3O3/c1-15-12(10-18)8-16-14(17(2)9-13(19)20)11-6-4-3-5-7-11/h3-8,10,15H,9H2,1-2H3,(H,19,20)/b12-8+,16-14?. The van der Waals surface area contributed by atoms with E-state index in [0.29, 0.717) is 17.8 Å². The van der Waals surface area contributed by atoms with Gasteiger partial charge in [0.15, 0.2) is 6.29 Å². The van der Waals surface area contributed by atoms with Crippen LogP contribution in [0.5, 0.6) is 0 Å². The number of amidine groups is 1. The molecule has 2 N–H and O–H groups in total. The summed E-state index contributed by atoms with van der Waals surface area (Å²) in [5, 5.41) is 11.6. The van der Waals surface area contributed by atoms with E-state index in [1.54, 1.807) is 14.1 Å². The number of aliphatic carboxylic acids is 1. The summed E-state index contributed by atoms with van der Waals surface area (Å²) in [6.45, 7) is -0.183. The highest BCUT2D eigenvalue weighted by Gasteiger charge is 2.11. The van der Waals surface area contributed by atoms with E-state index in [-0.39, 0.29) is 6.54 Å². The number of aliphatic imine (C=N–C) groups is 1. The maximum Gasteiger partial charge on any atom is 0.323 e. The van der Waals surface area contributed by atoms with E-state index in [1.807, 2.05) is 30.3 Å². The molecule has 0 heterocycles. The fourth-order valence-electron chi connectivity index (χ4n) is 1.54. The Kier molecular flexibility index (Phi) is 5.96. The Balaban J connectivity index is 3.14. The third-order valence-electron chi connectivity index (χ3n) is 2.51. The second-order valence-electron chi connectivity index (χ2n) is 4.02. The fourth-order valence-corrected chi connectivity index (χ4v) is 1.54. The van der Waals surface area contributed by atoms with Crippen molar-refractivity contribution < 1.29 is 14.7 Å². The van der Waals surface area contributed by atoms with Crippen molar-refractivity contribution in [3.8, 4) is 0 Å². The average Bonchev–Trinajstić information content (AvgIpc) is 2.44. The molecule has 0 radical (unpaired) electrons. The number of benzene rings is 1. The lowest BCUT2D eigenvalue weighted by atomic mass is 10.2. The van der Waals surface area contributed by atoms with E-state index in [1.165, 1.54) is 11.1 Å². The van der Waals surface area contributed by atoms with Crippen molar-refractivity contribution in [2.45, 2.75) is 0 Å². The summed E-state index contributed by atoms with van der Waals surface area (Å²) in [6, 6.07) is 9.18. The summed E-state index contributed by atoms with van der Waals surface area (Å²) >= 11 is 0. The molecule has 1 aromatic rings. The van der Waals surface area contributed by atoms with Gasteiger partial charge in [-0.05, 0) is 0 Å². The Morgan fingerprint density at radius 3 is 2.55 bits per heavy atom. The number of hydrogen-bond acceptors (Lipinski definition) is 4. The molecule has 0 amide bonds. The normalized spacial score (nSPS) is 11.9. The number of nitrogens with zero attached hydrogens (tertiary/aromatic N) is 2. The summed E-state index contributed by atoms with van der Waals surface area (Å²) < 4.78 is 0. The summed E-state index contributed by atoms with van der Waals surface area (Å²) in [5.74, 6) is -0.480. The topological polar surface area (TPSA) is 82.0 Å². The number of allylic oxidation sites excluding steroid dienone is 1. The van der Waals surface area contributed by atoms with Crippen LogP contribution in [0.1, 0.15) is 5.56 Å². The van der Waals surface area contributed by atoms with Gasteiger partial charge in [-0.1, -0.05) is 30.3 Å². The number of nitrogens with one attached hydrogen (secondary N) is 1. The largest absolute Gasteiger partial charge is 0.480 e. The van der Waals surface area contributed by atoms with Crippen LogP contribution in [0.25, 0.3) is 0 Å². The Bertz CT molecular complexity index is 524. The Hall–Kier alpha value is -2.63. The molecule has 0 unspecified atom stereocenters. The summed E-state index contributed by atoms with van der Waals surface area (Å²) in [4.78, 5) is 27.3. The van der Waals surface area contributed by atoms with Crippen LogP contribution in [-0.4, -0.2) is 48.7 Å². The molecule has 0 saturated heterocycles. The lowest BCUT2D eigenvalue weighted by molar-refractivity contribution is -0.137. The SMILES string of the molecule is CN/C(C=O)=C/N=C(c1ccccc1)N(C)CC(=O)O. The summed E-state index contributed by atoms with van der Waals surface area (Å²) in [7, 11) is 3.24. The van der Waals surface area contributed by atoms with Crippen molar-refractivity contribution in [2.24, 2.45) is 4.99 Å². The van der Waals surface area contributed by atoms with Gasteiger partial charge in [0.05, 0.1) is 11.9 Å². The number of likely N-dealkylation sites (N-methyl/N-ethyl adjacent to an activating group) is 2. The molecule has 0 aliphatic heterocycles. The summed E-state index contributed by atoms with van der Waals surface area (Å²) in [6.07, 6.45) is 2.01. The molecule has 0 fully saturated rings. The minimum Gasteiger partial charge on any atom is -0.480 e. The molecule has 0 aliphatic carbocycles. The van der Waals surface area contributed by atoms with E-state index >= 15 is 0 Å². The van der Waals surface area contributed by atoms with Crippen molar-refractivity contribution in [3.05, 3.63) is 47.8 Å². The van der Waals surface area contributed by atoms with Crippen molar-refractivity contribution in [3.63, 3.8) is 0 Å². The number of carboxylic acid groups (broad SMARTS) is 1. The van der Waals surface area contributed by atoms with E-state index in [2.05, 4.69) is 10.3 Å². The first kappa shape index (κ1) is 15.4. The number of carbonyl (C=O) groups is 2. The van der Waals surface area contributed by atoms with Gasteiger partial charge in [-0.25, -0.2) is 4.99 Å². The van der Waals surface area contributed by atoms with Gasteiger partial charge in [-0.2, -0.15) is 0 Å². The van der Waals surface area contributed by atoms with E-state index < -0.39 is 5.97 Å². The molecule has 0 saturated carbocycles. The highest BCUT2D eigenvalue weighted by atomic mass is 16.4. The zero-order valence-corrected chi connectivity index (χ0v) is 11.4. The minimum atomic E-state index is -0.954. The van der Waals surface area contributed by atoms with Crippen molar-refractivity contribution in [2.75, 3.05) is 20.6 Å². The Morgan fingerprint density at radius 1 is 1.40 bits per heavy atom. The maximum atomic E-state index is 10.8. The molecule has 0 atom stereocenters.